The molecular weight excluding hydrogens is 390 g/mol. The molecule has 0 saturated carbocycles. The van der Waals surface area contributed by atoms with Crippen LogP contribution in [-0.2, 0) is 17.8 Å². The summed E-state index contributed by atoms with van der Waals surface area (Å²) >= 11 is 1.45. The Hall–Kier alpha value is -3.20. The standard InChI is InChI=1S/C20H23N5O3S/c1-3-4-10-25-17(21)16(18(27)23-20(25)28)24(2)15(26)11-14-12-29-19(22-14)13-8-6-5-7-9-13/h5-9,12H,3-4,10-11,21H2,1-2H3,(H,23,27,28). The molecule has 0 aliphatic carbocycles. The lowest BCUT2D eigenvalue weighted by Crippen LogP contribution is -2.39. The first kappa shape index (κ1) is 20.5. The van der Waals surface area contributed by atoms with Crippen molar-refractivity contribution in [3.8, 4) is 10.6 Å². The lowest BCUT2D eigenvalue weighted by Gasteiger charge is -2.20. The third-order valence-electron chi connectivity index (χ3n) is 4.56. The number of carbonyl (C=O) groups excluding carboxylic acids is 1. The highest BCUT2D eigenvalue weighted by molar-refractivity contribution is 7.13. The molecule has 1 amide bonds. The number of hydrogen-bond donors (Lipinski definition) is 2. The average molecular weight is 414 g/mol. The van der Waals surface area contributed by atoms with E-state index < -0.39 is 11.2 Å². The highest BCUT2D eigenvalue weighted by Crippen LogP contribution is 2.24. The molecule has 0 atom stereocenters. The van der Waals surface area contributed by atoms with Gasteiger partial charge in [-0.3, -0.25) is 19.1 Å². The molecule has 3 rings (SSSR count). The van der Waals surface area contributed by atoms with Gasteiger partial charge >= 0.3 is 5.69 Å². The molecule has 0 bridgehead atoms. The number of aromatic nitrogens is 3. The Bertz CT molecular complexity index is 1120. The maximum absolute atomic E-state index is 12.8. The molecule has 0 spiro atoms. The topological polar surface area (TPSA) is 114 Å². The number of carbonyl (C=O) groups is 1. The van der Waals surface area contributed by atoms with Crippen LogP contribution < -0.4 is 21.9 Å². The van der Waals surface area contributed by atoms with Crippen molar-refractivity contribution in [2.45, 2.75) is 32.7 Å². The molecule has 0 radical (unpaired) electrons. The summed E-state index contributed by atoms with van der Waals surface area (Å²) in [6.07, 6.45) is 1.61. The van der Waals surface area contributed by atoms with E-state index in [0.29, 0.717) is 12.2 Å². The van der Waals surface area contributed by atoms with Crippen LogP contribution in [0.15, 0.2) is 45.3 Å². The number of likely N-dealkylation sites (N-methyl/N-ethyl adjacent to an activating group) is 1. The van der Waals surface area contributed by atoms with Crippen LogP contribution in [0.4, 0.5) is 11.5 Å². The minimum Gasteiger partial charge on any atom is -0.383 e. The van der Waals surface area contributed by atoms with Crippen molar-refractivity contribution in [2.24, 2.45) is 0 Å². The number of rotatable bonds is 7. The van der Waals surface area contributed by atoms with E-state index in [1.54, 1.807) is 0 Å². The number of unbranched alkanes of at least 4 members (excludes halogenated alkanes) is 1. The van der Waals surface area contributed by atoms with Gasteiger partial charge < -0.3 is 10.6 Å². The number of nitrogens with zero attached hydrogens (tertiary/aromatic N) is 3. The van der Waals surface area contributed by atoms with Crippen LogP contribution in [0.25, 0.3) is 10.6 Å². The Labute approximate surface area is 171 Å². The van der Waals surface area contributed by atoms with Gasteiger partial charge in [0.1, 0.15) is 10.8 Å². The third-order valence-corrected chi connectivity index (χ3v) is 5.50. The SMILES string of the molecule is CCCCn1c(N)c(N(C)C(=O)Cc2csc(-c3ccccc3)n2)c(=O)[nH]c1=O. The van der Waals surface area contributed by atoms with Crippen molar-refractivity contribution in [3.05, 3.63) is 62.2 Å². The summed E-state index contributed by atoms with van der Waals surface area (Å²) in [6.45, 7) is 2.36. The summed E-state index contributed by atoms with van der Waals surface area (Å²) in [5, 5.41) is 2.64. The van der Waals surface area contributed by atoms with Gasteiger partial charge in [0.25, 0.3) is 5.56 Å². The fourth-order valence-corrected chi connectivity index (χ4v) is 3.77. The molecule has 2 heterocycles. The molecule has 0 unspecified atom stereocenters. The lowest BCUT2D eigenvalue weighted by atomic mass is 10.2. The Kier molecular flexibility index (Phi) is 6.28. The molecule has 0 saturated heterocycles. The molecule has 29 heavy (non-hydrogen) atoms. The van der Waals surface area contributed by atoms with Crippen LogP contribution in [0.1, 0.15) is 25.5 Å². The number of nitrogens with one attached hydrogen (secondary N) is 1. The number of benzene rings is 1. The fraction of sp³-hybridized carbons (Fsp3) is 0.300. The van der Waals surface area contributed by atoms with Crippen LogP contribution in [-0.4, -0.2) is 27.5 Å². The van der Waals surface area contributed by atoms with Crippen LogP contribution in [0.5, 0.6) is 0 Å². The van der Waals surface area contributed by atoms with Crippen LogP contribution in [0.2, 0.25) is 0 Å². The molecule has 3 N–H and O–H groups in total. The van der Waals surface area contributed by atoms with Crippen LogP contribution >= 0.6 is 11.3 Å². The van der Waals surface area contributed by atoms with Gasteiger partial charge in [-0.05, 0) is 6.42 Å². The van der Waals surface area contributed by atoms with Gasteiger partial charge in [-0.1, -0.05) is 43.7 Å². The minimum absolute atomic E-state index is 0.00805. The molecular formula is C20H23N5O3S. The summed E-state index contributed by atoms with van der Waals surface area (Å²) in [5.41, 5.74) is 6.39. The van der Waals surface area contributed by atoms with Gasteiger partial charge in [0.2, 0.25) is 5.91 Å². The van der Waals surface area contributed by atoms with Crippen molar-refractivity contribution in [1.82, 2.24) is 14.5 Å². The summed E-state index contributed by atoms with van der Waals surface area (Å²) < 4.78 is 1.29. The van der Waals surface area contributed by atoms with E-state index in [1.807, 2.05) is 42.6 Å². The van der Waals surface area contributed by atoms with E-state index in [1.165, 1.54) is 27.9 Å². The minimum atomic E-state index is -0.681. The molecule has 152 valence electrons. The second-order valence-electron chi connectivity index (χ2n) is 6.64. The zero-order valence-electron chi connectivity index (χ0n) is 16.3. The summed E-state index contributed by atoms with van der Waals surface area (Å²) in [5.74, 6) is -0.348. The Morgan fingerprint density at radius 3 is 2.69 bits per heavy atom. The van der Waals surface area contributed by atoms with Crippen LogP contribution in [0.3, 0.4) is 0 Å². The smallest absolute Gasteiger partial charge is 0.330 e. The first-order valence-electron chi connectivity index (χ1n) is 9.31. The number of H-pyrrole nitrogens is 1. The molecule has 1 aromatic carbocycles. The van der Waals surface area contributed by atoms with E-state index in [4.69, 9.17) is 5.73 Å². The zero-order valence-corrected chi connectivity index (χ0v) is 17.2. The van der Waals surface area contributed by atoms with Gasteiger partial charge in [0, 0.05) is 24.5 Å². The Morgan fingerprint density at radius 1 is 1.28 bits per heavy atom. The first-order chi connectivity index (χ1) is 13.9. The largest absolute Gasteiger partial charge is 0.383 e. The second kappa shape index (κ2) is 8.87. The molecule has 0 aliphatic heterocycles. The average Bonchev–Trinajstić information content (AvgIpc) is 3.16. The van der Waals surface area contributed by atoms with Crippen molar-refractivity contribution in [2.75, 3.05) is 17.7 Å². The van der Waals surface area contributed by atoms with Crippen molar-refractivity contribution >= 4 is 28.7 Å². The van der Waals surface area contributed by atoms with E-state index in [0.717, 1.165) is 23.4 Å². The predicted molar refractivity (Wildman–Crippen MR) is 115 cm³/mol. The zero-order chi connectivity index (χ0) is 21.0. The van der Waals surface area contributed by atoms with Gasteiger partial charge in [0.15, 0.2) is 5.69 Å². The molecule has 9 heteroatoms. The maximum atomic E-state index is 12.8. The number of nitrogens with two attached hydrogens (primary N) is 1. The monoisotopic (exact) mass is 413 g/mol. The quantitative estimate of drug-likeness (QED) is 0.617. The number of hydrogen-bond acceptors (Lipinski definition) is 6. The van der Waals surface area contributed by atoms with E-state index in [2.05, 4.69) is 9.97 Å². The molecule has 3 aromatic rings. The fourth-order valence-electron chi connectivity index (χ4n) is 2.94. The highest BCUT2D eigenvalue weighted by atomic mass is 32.1. The van der Waals surface area contributed by atoms with E-state index in [9.17, 15) is 14.4 Å². The predicted octanol–water partition coefficient (Wildman–Crippen LogP) is 2.25. The molecule has 0 aliphatic rings. The molecule has 0 fully saturated rings. The first-order valence-corrected chi connectivity index (χ1v) is 10.2. The number of anilines is 2. The van der Waals surface area contributed by atoms with E-state index >= 15 is 0 Å². The normalized spacial score (nSPS) is 10.8. The summed E-state index contributed by atoms with van der Waals surface area (Å²) in [7, 11) is 1.47. The maximum Gasteiger partial charge on any atom is 0.330 e. The van der Waals surface area contributed by atoms with Crippen molar-refractivity contribution in [3.63, 3.8) is 0 Å². The number of aromatic amines is 1. The highest BCUT2D eigenvalue weighted by Gasteiger charge is 2.21. The van der Waals surface area contributed by atoms with Crippen LogP contribution in [0, 0.1) is 0 Å². The second-order valence-corrected chi connectivity index (χ2v) is 7.50. The van der Waals surface area contributed by atoms with Gasteiger partial charge in [0.05, 0.1) is 12.1 Å². The number of thiazole rings is 1. The number of nitrogen functional groups attached to an aromatic ring is 1. The van der Waals surface area contributed by atoms with Gasteiger partial charge in [-0.15, -0.1) is 11.3 Å². The Balaban J connectivity index is 1.83. The van der Waals surface area contributed by atoms with Crippen molar-refractivity contribution < 1.29 is 4.79 Å². The number of amides is 1. The van der Waals surface area contributed by atoms with Gasteiger partial charge in [-0.25, -0.2) is 9.78 Å². The third kappa shape index (κ3) is 4.45. The molecule has 8 nitrogen and oxygen atoms in total. The lowest BCUT2D eigenvalue weighted by molar-refractivity contribution is -0.117. The van der Waals surface area contributed by atoms with Crippen molar-refractivity contribution in [1.29, 1.82) is 0 Å². The summed E-state index contributed by atoms with van der Waals surface area (Å²) in [6, 6.07) is 9.70. The van der Waals surface area contributed by atoms with Gasteiger partial charge in [-0.2, -0.15) is 0 Å². The summed E-state index contributed by atoms with van der Waals surface area (Å²) in [4.78, 5) is 45.1. The van der Waals surface area contributed by atoms with E-state index in [-0.39, 0.29) is 23.8 Å². The Morgan fingerprint density at radius 2 is 2.00 bits per heavy atom. The molecule has 2 aromatic heterocycles.